The lowest BCUT2D eigenvalue weighted by molar-refractivity contribution is 0.0706. The molecule has 7 nitrogen and oxygen atoms in total. The van der Waals surface area contributed by atoms with Crippen LogP contribution in [0.5, 0.6) is 0 Å². The number of carbonyl (C=O) groups is 1. The molecule has 1 atom stereocenters. The second kappa shape index (κ2) is 8.89. The zero-order valence-corrected chi connectivity index (χ0v) is 17.5. The highest BCUT2D eigenvalue weighted by atomic mass is 32.2. The van der Waals surface area contributed by atoms with Gasteiger partial charge in [-0.2, -0.15) is 0 Å². The summed E-state index contributed by atoms with van der Waals surface area (Å²) in [6.45, 7) is 1.27. The normalized spacial score (nSPS) is 16.1. The molecule has 3 aromatic rings. The van der Waals surface area contributed by atoms with Crippen molar-refractivity contribution in [3.8, 4) is 11.1 Å². The van der Waals surface area contributed by atoms with E-state index in [1.165, 1.54) is 16.4 Å². The average Bonchev–Trinajstić information content (AvgIpc) is 3.34. The number of sulfonamides is 1. The molecule has 8 heteroatoms. The maximum Gasteiger partial charge on any atom is 0.274 e. The van der Waals surface area contributed by atoms with E-state index in [9.17, 15) is 13.2 Å². The summed E-state index contributed by atoms with van der Waals surface area (Å²) in [5, 5.41) is 12.0. The Balaban J connectivity index is 1.70. The lowest BCUT2D eigenvalue weighted by Gasteiger charge is -2.30. The fraction of sp³-hybridized carbons (Fsp3) is 0.174. The van der Waals surface area contributed by atoms with Gasteiger partial charge in [-0.25, -0.2) is 13.9 Å². The average molecular weight is 438 g/mol. The summed E-state index contributed by atoms with van der Waals surface area (Å²) in [7, 11) is -3.83. The molecule has 31 heavy (non-hydrogen) atoms. The van der Waals surface area contributed by atoms with Crippen LogP contribution in [0.2, 0.25) is 0 Å². The molecule has 1 aliphatic heterocycles. The predicted molar refractivity (Wildman–Crippen MR) is 119 cm³/mol. The Hall–Kier alpha value is -3.20. The summed E-state index contributed by atoms with van der Waals surface area (Å²) in [5.74, 6) is -0.653. The third kappa shape index (κ3) is 4.32. The maximum atomic E-state index is 13.6. The molecule has 3 aromatic carbocycles. The fourth-order valence-corrected chi connectivity index (χ4v) is 5.45. The van der Waals surface area contributed by atoms with E-state index in [0.717, 1.165) is 17.7 Å². The first-order valence-corrected chi connectivity index (χ1v) is 11.4. The molecule has 1 aliphatic rings. The molecular formula is C23H23N3O4S. The van der Waals surface area contributed by atoms with Crippen molar-refractivity contribution < 1.29 is 18.4 Å². The van der Waals surface area contributed by atoms with Crippen molar-refractivity contribution in [2.45, 2.75) is 17.4 Å². The summed E-state index contributed by atoms with van der Waals surface area (Å²) in [5.41, 5.74) is 4.24. The van der Waals surface area contributed by atoms with Gasteiger partial charge >= 0.3 is 0 Å². The first kappa shape index (κ1) is 21.0. The van der Waals surface area contributed by atoms with E-state index in [4.69, 9.17) is 5.21 Å². The van der Waals surface area contributed by atoms with E-state index in [1.807, 2.05) is 42.5 Å². The maximum absolute atomic E-state index is 13.6. The Morgan fingerprint density at radius 2 is 1.58 bits per heavy atom. The topological polar surface area (TPSA) is 98.7 Å². The van der Waals surface area contributed by atoms with Crippen LogP contribution < -0.4 is 15.1 Å². The molecule has 1 fully saturated rings. The number of amides is 1. The molecule has 0 aliphatic carbocycles. The van der Waals surface area contributed by atoms with Crippen molar-refractivity contribution in [1.29, 1.82) is 0 Å². The molecule has 4 rings (SSSR count). The molecule has 1 unspecified atom stereocenters. The van der Waals surface area contributed by atoms with Crippen LogP contribution in [0.1, 0.15) is 16.8 Å². The van der Waals surface area contributed by atoms with Gasteiger partial charge in [0.2, 0.25) is 0 Å². The first-order valence-electron chi connectivity index (χ1n) is 9.96. The minimum atomic E-state index is -3.83. The number of rotatable bonds is 6. The van der Waals surface area contributed by atoms with Crippen LogP contribution >= 0.6 is 0 Å². The van der Waals surface area contributed by atoms with Crippen molar-refractivity contribution in [2.75, 3.05) is 17.4 Å². The van der Waals surface area contributed by atoms with Gasteiger partial charge in [0.05, 0.1) is 16.6 Å². The Kier molecular flexibility index (Phi) is 6.03. The summed E-state index contributed by atoms with van der Waals surface area (Å²) in [6, 6.07) is 22.5. The Labute approximate surface area is 181 Å². The number of hydrogen-bond acceptors (Lipinski definition) is 5. The zero-order chi connectivity index (χ0) is 21.8. The van der Waals surface area contributed by atoms with Gasteiger partial charge in [0.15, 0.2) is 0 Å². The Morgan fingerprint density at radius 1 is 0.935 bits per heavy atom. The Bertz CT molecular complexity index is 1140. The van der Waals surface area contributed by atoms with Crippen LogP contribution in [0, 0.1) is 0 Å². The van der Waals surface area contributed by atoms with Gasteiger partial charge in [-0.05, 0) is 60.5 Å². The van der Waals surface area contributed by atoms with Crippen LogP contribution in [0.3, 0.4) is 0 Å². The number of benzene rings is 3. The van der Waals surface area contributed by atoms with Crippen molar-refractivity contribution >= 4 is 21.6 Å². The number of nitrogens with zero attached hydrogens (tertiary/aromatic N) is 1. The second-order valence-electron chi connectivity index (χ2n) is 7.33. The standard InChI is InChI=1S/C23H23N3O4S/c27-23(25-28)19-6-10-20(11-7-19)26(21-14-15-24-16-21)31(29,30)22-12-8-18(9-13-22)17-4-2-1-3-5-17/h1-13,21,24,28H,14-16H2,(H,25,27). The van der Waals surface area contributed by atoms with Crippen molar-refractivity contribution in [3.63, 3.8) is 0 Å². The van der Waals surface area contributed by atoms with E-state index in [-0.39, 0.29) is 16.5 Å². The van der Waals surface area contributed by atoms with Crippen molar-refractivity contribution in [2.24, 2.45) is 0 Å². The SMILES string of the molecule is O=C(NO)c1ccc(N(C2CCNC2)S(=O)(=O)c2ccc(-c3ccccc3)cc2)cc1. The van der Waals surface area contributed by atoms with Crippen LogP contribution in [0.25, 0.3) is 11.1 Å². The highest BCUT2D eigenvalue weighted by molar-refractivity contribution is 7.92. The van der Waals surface area contributed by atoms with Gasteiger partial charge in [0.25, 0.3) is 15.9 Å². The largest absolute Gasteiger partial charge is 0.315 e. The first-order chi connectivity index (χ1) is 15.0. The van der Waals surface area contributed by atoms with Crippen molar-refractivity contribution in [3.05, 3.63) is 84.4 Å². The lowest BCUT2D eigenvalue weighted by Crippen LogP contribution is -2.41. The van der Waals surface area contributed by atoms with E-state index >= 15 is 0 Å². The van der Waals surface area contributed by atoms with Crippen molar-refractivity contribution in [1.82, 2.24) is 10.8 Å². The second-order valence-corrected chi connectivity index (χ2v) is 9.14. The quantitative estimate of drug-likeness (QED) is 0.407. The number of anilines is 1. The minimum Gasteiger partial charge on any atom is -0.315 e. The molecule has 1 amide bonds. The van der Waals surface area contributed by atoms with Crippen LogP contribution in [-0.2, 0) is 10.0 Å². The van der Waals surface area contributed by atoms with E-state index in [1.54, 1.807) is 29.7 Å². The van der Waals surface area contributed by atoms with Gasteiger partial charge in [0, 0.05) is 12.1 Å². The molecule has 1 saturated heterocycles. The van der Waals surface area contributed by atoms with Crippen LogP contribution in [0.4, 0.5) is 5.69 Å². The minimum absolute atomic E-state index is 0.205. The summed E-state index contributed by atoms with van der Waals surface area (Å²) < 4.78 is 28.7. The van der Waals surface area contributed by atoms with Crippen LogP contribution in [0.15, 0.2) is 83.8 Å². The number of carbonyl (C=O) groups excluding carboxylic acids is 1. The highest BCUT2D eigenvalue weighted by Crippen LogP contribution is 2.30. The third-order valence-electron chi connectivity index (χ3n) is 5.37. The summed E-state index contributed by atoms with van der Waals surface area (Å²) in [6.07, 6.45) is 0.681. The number of nitrogens with one attached hydrogen (secondary N) is 2. The van der Waals surface area contributed by atoms with Gasteiger partial charge in [-0.1, -0.05) is 42.5 Å². The molecule has 0 aromatic heterocycles. The monoisotopic (exact) mass is 437 g/mol. The molecule has 0 bridgehead atoms. The molecule has 1 heterocycles. The molecule has 0 spiro atoms. The third-order valence-corrected chi connectivity index (χ3v) is 7.26. The summed E-state index contributed by atoms with van der Waals surface area (Å²) in [4.78, 5) is 11.8. The smallest absolute Gasteiger partial charge is 0.274 e. The fourth-order valence-electron chi connectivity index (χ4n) is 3.77. The van der Waals surface area contributed by atoms with Gasteiger partial charge in [-0.3, -0.25) is 14.3 Å². The molecule has 0 saturated carbocycles. The number of hydroxylamine groups is 1. The molecule has 160 valence electrons. The zero-order valence-electron chi connectivity index (χ0n) is 16.7. The van der Waals surface area contributed by atoms with Gasteiger partial charge in [0.1, 0.15) is 0 Å². The summed E-state index contributed by atoms with van der Waals surface area (Å²) >= 11 is 0. The molecule has 3 N–H and O–H groups in total. The molecular weight excluding hydrogens is 414 g/mol. The van der Waals surface area contributed by atoms with Crippen LogP contribution in [-0.4, -0.2) is 38.7 Å². The molecule has 0 radical (unpaired) electrons. The lowest BCUT2D eigenvalue weighted by atomic mass is 10.1. The van der Waals surface area contributed by atoms with E-state index in [0.29, 0.717) is 18.7 Å². The van der Waals surface area contributed by atoms with E-state index in [2.05, 4.69) is 5.32 Å². The van der Waals surface area contributed by atoms with Gasteiger partial charge in [-0.15, -0.1) is 0 Å². The predicted octanol–water partition coefficient (Wildman–Crippen LogP) is 3.03. The number of hydrogen-bond donors (Lipinski definition) is 3. The van der Waals surface area contributed by atoms with Gasteiger partial charge < -0.3 is 5.32 Å². The highest BCUT2D eigenvalue weighted by Gasteiger charge is 2.33. The Morgan fingerprint density at radius 3 is 2.16 bits per heavy atom. The van der Waals surface area contributed by atoms with E-state index < -0.39 is 15.9 Å².